The van der Waals surface area contributed by atoms with Crippen molar-refractivity contribution < 1.29 is 17.1 Å². The van der Waals surface area contributed by atoms with Gasteiger partial charge < -0.3 is 4.90 Å². The number of hydrogen-bond donors (Lipinski definition) is 0. The van der Waals surface area contributed by atoms with Crippen LogP contribution in [0.5, 0.6) is 0 Å². The molecule has 0 aromatic carbocycles. The number of pyridine rings is 1. The third-order valence-corrected chi connectivity index (χ3v) is 4.15. The number of aromatic nitrogens is 1. The quantitative estimate of drug-likeness (QED) is 0.787. The van der Waals surface area contributed by atoms with Crippen molar-refractivity contribution in [3.05, 3.63) is 23.5 Å². The minimum Gasteiger partial charge on any atom is -0.311 e. The van der Waals surface area contributed by atoms with Crippen LogP contribution in [0.3, 0.4) is 0 Å². The Labute approximate surface area is 111 Å². The molecule has 1 fully saturated rings. The second-order valence-electron chi connectivity index (χ2n) is 4.88. The molecule has 19 heavy (non-hydrogen) atoms. The largest absolute Gasteiger partial charge is 0.311 e. The minimum absolute atomic E-state index is 0.0517. The molecule has 1 aliphatic rings. The SMILES string of the molecule is Cc1cc(N2CC(CS(=O)(=O)F)CC2=O)cnc1C. The molecule has 5 nitrogen and oxygen atoms in total. The summed E-state index contributed by atoms with van der Waals surface area (Å²) in [4.78, 5) is 17.5. The van der Waals surface area contributed by atoms with Crippen LogP contribution in [0.15, 0.2) is 12.3 Å². The summed E-state index contributed by atoms with van der Waals surface area (Å²) in [5.74, 6) is -1.30. The number of carbonyl (C=O) groups is 1. The lowest BCUT2D eigenvalue weighted by atomic mass is 10.1. The fourth-order valence-electron chi connectivity index (χ4n) is 2.20. The fourth-order valence-corrected chi connectivity index (χ4v) is 2.99. The van der Waals surface area contributed by atoms with Gasteiger partial charge in [0, 0.05) is 24.6 Å². The van der Waals surface area contributed by atoms with Gasteiger partial charge in [-0.05, 0) is 25.5 Å². The van der Waals surface area contributed by atoms with Crippen molar-refractivity contribution >= 4 is 21.8 Å². The molecule has 0 bridgehead atoms. The number of amides is 1. The van der Waals surface area contributed by atoms with Gasteiger partial charge in [-0.3, -0.25) is 9.78 Å². The third-order valence-electron chi connectivity index (χ3n) is 3.28. The van der Waals surface area contributed by atoms with Gasteiger partial charge in [-0.15, -0.1) is 3.89 Å². The summed E-state index contributed by atoms with van der Waals surface area (Å²) in [6.45, 7) is 3.96. The Morgan fingerprint density at radius 2 is 2.16 bits per heavy atom. The lowest BCUT2D eigenvalue weighted by Gasteiger charge is -2.17. The van der Waals surface area contributed by atoms with Crippen LogP contribution >= 0.6 is 0 Å². The van der Waals surface area contributed by atoms with Crippen LogP contribution in [0.4, 0.5) is 9.57 Å². The number of nitrogens with zero attached hydrogens (tertiary/aromatic N) is 2. The van der Waals surface area contributed by atoms with E-state index >= 15 is 0 Å². The number of hydrogen-bond acceptors (Lipinski definition) is 4. The molecule has 1 atom stereocenters. The van der Waals surface area contributed by atoms with Crippen LogP contribution in [-0.4, -0.2) is 31.6 Å². The maximum absolute atomic E-state index is 12.6. The summed E-state index contributed by atoms with van der Waals surface area (Å²) in [5, 5.41) is 0. The molecule has 0 aliphatic carbocycles. The van der Waals surface area contributed by atoms with Gasteiger partial charge in [0.1, 0.15) is 0 Å². The van der Waals surface area contributed by atoms with Crippen LogP contribution < -0.4 is 4.90 Å². The number of rotatable bonds is 3. The highest BCUT2D eigenvalue weighted by Gasteiger charge is 2.33. The van der Waals surface area contributed by atoms with Crippen LogP contribution in [0.25, 0.3) is 0 Å². The molecular formula is C12H15FN2O3S. The molecule has 104 valence electrons. The van der Waals surface area contributed by atoms with E-state index in [1.54, 1.807) is 6.20 Å². The predicted molar refractivity (Wildman–Crippen MR) is 69.1 cm³/mol. The van der Waals surface area contributed by atoms with Gasteiger partial charge in [0.25, 0.3) is 0 Å². The predicted octanol–water partition coefficient (Wildman–Crippen LogP) is 1.35. The molecule has 0 radical (unpaired) electrons. The van der Waals surface area contributed by atoms with Crippen LogP contribution in [0, 0.1) is 19.8 Å². The fraction of sp³-hybridized carbons (Fsp3) is 0.500. The molecule has 1 aromatic rings. The first kappa shape index (κ1) is 13.9. The topological polar surface area (TPSA) is 67.3 Å². The molecule has 1 saturated heterocycles. The summed E-state index contributed by atoms with van der Waals surface area (Å²) in [6, 6.07) is 1.83. The molecule has 1 unspecified atom stereocenters. The Hall–Kier alpha value is -1.50. The van der Waals surface area contributed by atoms with Gasteiger partial charge in [-0.1, -0.05) is 0 Å². The first-order valence-electron chi connectivity index (χ1n) is 5.92. The van der Waals surface area contributed by atoms with E-state index < -0.39 is 21.9 Å². The van der Waals surface area contributed by atoms with Crippen molar-refractivity contribution in [2.45, 2.75) is 20.3 Å². The van der Waals surface area contributed by atoms with Crippen LogP contribution in [-0.2, 0) is 15.0 Å². The van der Waals surface area contributed by atoms with Crippen molar-refractivity contribution in [3.8, 4) is 0 Å². The lowest BCUT2D eigenvalue weighted by molar-refractivity contribution is -0.117. The number of anilines is 1. The van der Waals surface area contributed by atoms with Gasteiger partial charge in [0.15, 0.2) is 0 Å². The molecule has 0 N–H and O–H groups in total. The maximum Gasteiger partial charge on any atom is 0.302 e. The molecule has 1 aliphatic heterocycles. The number of aryl methyl sites for hydroxylation is 2. The summed E-state index contributed by atoms with van der Waals surface area (Å²) in [6.07, 6.45) is 1.63. The normalized spacial score (nSPS) is 20.1. The number of halogens is 1. The average molecular weight is 286 g/mol. The molecule has 7 heteroatoms. The van der Waals surface area contributed by atoms with E-state index in [2.05, 4.69) is 4.98 Å². The Balaban J connectivity index is 2.18. The second kappa shape index (κ2) is 4.88. The molecule has 0 spiro atoms. The van der Waals surface area contributed by atoms with Crippen LogP contribution in [0.1, 0.15) is 17.7 Å². The Morgan fingerprint density at radius 1 is 1.47 bits per heavy atom. The molecule has 2 heterocycles. The van der Waals surface area contributed by atoms with Gasteiger partial charge >= 0.3 is 10.2 Å². The monoisotopic (exact) mass is 286 g/mol. The smallest absolute Gasteiger partial charge is 0.302 e. The lowest BCUT2D eigenvalue weighted by Crippen LogP contribution is -2.25. The van der Waals surface area contributed by atoms with Crippen LogP contribution in [0.2, 0.25) is 0 Å². The van der Waals surface area contributed by atoms with Gasteiger partial charge in [-0.25, -0.2) is 0 Å². The Kier molecular flexibility index (Phi) is 3.58. The Morgan fingerprint density at radius 3 is 2.74 bits per heavy atom. The Bertz CT molecular complexity index is 615. The van der Waals surface area contributed by atoms with E-state index in [0.717, 1.165) is 11.3 Å². The maximum atomic E-state index is 12.6. The van der Waals surface area contributed by atoms with Gasteiger partial charge in [0.2, 0.25) is 5.91 Å². The zero-order chi connectivity index (χ0) is 14.2. The highest BCUT2D eigenvalue weighted by Crippen LogP contribution is 2.26. The average Bonchev–Trinajstić information content (AvgIpc) is 2.61. The van der Waals surface area contributed by atoms with Crippen molar-refractivity contribution in [1.29, 1.82) is 0 Å². The molecule has 2 rings (SSSR count). The van der Waals surface area contributed by atoms with Gasteiger partial charge in [0.05, 0.1) is 17.6 Å². The van der Waals surface area contributed by atoms with Crippen molar-refractivity contribution in [2.24, 2.45) is 5.92 Å². The van der Waals surface area contributed by atoms with E-state index in [1.165, 1.54) is 4.90 Å². The number of carbonyl (C=O) groups excluding carboxylic acids is 1. The van der Waals surface area contributed by atoms with Crippen molar-refractivity contribution in [3.63, 3.8) is 0 Å². The van der Waals surface area contributed by atoms with E-state index in [9.17, 15) is 17.1 Å². The zero-order valence-electron chi connectivity index (χ0n) is 10.8. The van der Waals surface area contributed by atoms with E-state index in [4.69, 9.17) is 0 Å². The summed E-state index contributed by atoms with van der Waals surface area (Å²) >= 11 is 0. The van der Waals surface area contributed by atoms with Crippen molar-refractivity contribution in [2.75, 3.05) is 17.2 Å². The van der Waals surface area contributed by atoms with E-state index in [1.807, 2.05) is 19.9 Å². The highest BCUT2D eigenvalue weighted by molar-refractivity contribution is 7.86. The third kappa shape index (κ3) is 3.28. The molecule has 0 saturated carbocycles. The first-order valence-corrected chi connectivity index (χ1v) is 7.47. The summed E-state index contributed by atoms with van der Waals surface area (Å²) in [7, 11) is -4.55. The molecular weight excluding hydrogens is 271 g/mol. The molecule has 1 aromatic heterocycles. The standard InChI is InChI=1S/C12H15FN2O3S/c1-8-3-11(5-14-9(8)2)15-6-10(4-12(15)16)7-19(13,17)18/h3,5,10H,4,6-7H2,1-2H3. The minimum atomic E-state index is -4.55. The second-order valence-corrected chi connectivity index (χ2v) is 6.29. The summed E-state index contributed by atoms with van der Waals surface area (Å²) in [5.41, 5.74) is 2.46. The highest BCUT2D eigenvalue weighted by atomic mass is 32.3. The van der Waals surface area contributed by atoms with E-state index in [-0.39, 0.29) is 18.9 Å². The van der Waals surface area contributed by atoms with E-state index in [0.29, 0.717) is 5.69 Å². The van der Waals surface area contributed by atoms with Crippen molar-refractivity contribution in [1.82, 2.24) is 4.98 Å². The zero-order valence-corrected chi connectivity index (χ0v) is 11.6. The summed E-state index contributed by atoms with van der Waals surface area (Å²) < 4.78 is 33.9. The molecule has 1 amide bonds. The van der Waals surface area contributed by atoms with Gasteiger partial charge in [-0.2, -0.15) is 8.42 Å². The first-order chi connectivity index (χ1) is 8.76.